The average molecular weight is 441 g/mol. The first-order chi connectivity index (χ1) is 15.0. The van der Waals surface area contributed by atoms with Gasteiger partial charge in [0.05, 0.1) is 26.5 Å². The van der Waals surface area contributed by atoms with Crippen molar-refractivity contribution in [3.05, 3.63) is 59.0 Å². The van der Waals surface area contributed by atoms with Crippen LogP contribution in [-0.4, -0.2) is 37.7 Å². The van der Waals surface area contributed by atoms with Crippen LogP contribution in [0.25, 0.3) is 11.3 Å². The van der Waals surface area contributed by atoms with Gasteiger partial charge in [-0.05, 0) is 31.0 Å². The highest BCUT2D eigenvalue weighted by molar-refractivity contribution is 7.18. The number of methoxy groups -OCH3 is 2. The van der Waals surface area contributed by atoms with Crippen LogP contribution in [0.5, 0.6) is 11.5 Å². The van der Waals surface area contributed by atoms with Crippen LogP contribution >= 0.6 is 11.3 Å². The van der Waals surface area contributed by atoms with E-state index in [0.717, 1.165) is 22.5 Å². The number of amides is 1. The second kappa shape index (κ2) is 10.6. The number of benzene rings is 2. The molecule has 0 atom stereocenters. The molecule has 7 nitrogen and oxygen atoms in total. The molecule has 0 unspecified atom stereocenters. The summed E-state index contributed by atoms with van der Waals surface area (Å²) in [7, 11) is 3.15. The minimum absolute atomic E-state index is 0.196. The van der Waals surface area contributed by atoms with Crippen molar-refractivity contribution in [2.45, 2.75) is 19.8 Å². The van der Waals surface area contributed by atoms with E-state index in [9.17, 15) is 9.59 Å². The molecule has 0 saturated carbocycles. The highest BCUT2D eigenvalue weighted by atomic mass is 32.1. The number of hydrogen-bond donors (Lipinski definition) is 1. The van der Waals surface area contributed by atoms with E-state index in [2.05, 4.69) is 10.3 Å². The Balaban J connectivity index is 1.72. The molecule has 0 spiro atoms. The molecule has 2 aromatic carbocycles. The van der Waals surface area contributed by atoms with Crippen molar-refractivity contribution >= 4 is 28.3 Å². The van der Waals surface area contributed by atoms with E-state index in [1.54, 1.807) is 21.1 Å². The number of nitrogens with zero attached hydrogens (tertiary/aromatic N) is 1. The number of aryl methyl sites for hydroxylation is 1. The third-order valence-corrected chi connectivity index (χ3v) is 5.42. The third kappa shape index (κ3) is 5.61. The Kier molecular flexibility index (Phi) is 7.61. The van der Waals surface area contributed by atoms with E-state index >= 15 is 0 Å². The van der Waals surface area contributed by atoms with Crippen LogP contribution < -0.4 is 14.8 Å². The van der Waals surface area contributed by atoms with Crippen LogP contribution in [-0.2, 0) is 16.0 Å². The smallest absolute Gasteiger partial charge is 0.350 e. The summed E-state index contributed by atoms with van der Waals surface area (Å²) < 4.78 is 15.7. The van der Waals surface area contributed by atoms with Gasteiger partial charge in [-0.2, -0.15) is 0 Å². The Morgan fingerprint density at radius 2 is 1.77 bits per heavy atom. The van der Waals surface area contributed by atoms with Crippen molar-refractivity contribution in [2.75, 3.05) is 26.1 Å². The van der Waals surface area contributed by atoms with E-state index in [4.69, 9.17) is 14.2 Å². The molecule has 3 rings (SSSR count). The number of esters is 1. The monoisotopic (exact) mass is 440 g/mol. The van der Waals surface area contributed by atoms with Crippen molar-refractivity contribution in [1.29, 1.82) is 0 Å². The summed E-state index contributed by atoms with van der Waals surface area (Å²) in [4.78, 5) is 29.7. The summed E-state index contributed by atoms with van der Waals surface area (Å²) in [5.41, 5.74) is 2.23. The van der Waals surface area contributed by atoms with Crippen LogP contribution in [0.1, 0.15) is 28.6 Å². The molecule has 1 heterocycles. The Hall–Kier alpha value is -3.39. The lowest BCUT2D eigenvalue weighted by atomic mass is 10.1. The number of rotatable bonds is 9. The topological polar surface area (TPSA) is 86.8 Å². The molecular weight excluding hydrogens is 416 g/mol. The normalized spacial score (nSPS) is 10.4. The number of anilines is 1. The standard InChI is InChI=1S/C23H24N2O5S/c1-4-30-22(27)21-20(16-8-6-5-7-9-16)25-23(31-21)24-19(26)13-11-15-10-12-17(28-2)18(14-15)29-3/h5-10,12,14H,4,11,13H2,1-3H3,(H,24,25,26). The molecule has 0 radical (unpaired) electrons. The van der Waals surface area contributed by atoms with E-state index < -0.39 is 5.97 Å². The molecule has 0 saturated heterocycles. The van der Waals surface area contributed by atoms with Gasteiger partial charge in [-0.15, -0.1) is 0 Å². The molecular formula is C23H24N2O5S. The highest BCUT2D eigenvalue weighted by Crippen LogP contribution is 2.32. The Morgan fingerprint density at radius 1 is 1.03 bits per heavy atom. The minimum Gasteiger partial charge on any atom is -0.493 e. The summed E-state index contributed by atoms with van der Waals surface area (Å²) in [6.07, 6.45) is 0.776. The van der Waals surface area contributed by atoms with Gasteiger partial charge >= 0.3 is 5.97 Å². The first-order valence-corrected chi connectivity index (χ1v) is 10.6. The van der Waals surface area contributed by atoms with Gasteiger partial charge in [0.2, 0.25) is 5.91 Å². The number of hydrogen-bond acceptors (Lipinski definition) is 7. The number of carbonyl (C=O) groups excluding carboxylic acids is 2. The number of nitrogens with one attached hydrogen (secondary N) is 1. The van der Waals surface area contributed by atoms with Gasteiger partial charge in [-0.1, -0.05) is 47.7 Å². The van der Waals surface area contributed by atoms with Crippen LogP contribution in [0.4, 0.5) is 5.13 Å². The van der Waals surface area contributed by atoms with Crippen molar-refractivity contribution < 1.29 is 23.8 Å². The summed E-state index contributed by atoms with van der Waals surface area (Å²) in [5, 5.41) is 3.16. The van der Waals surface area contributed by atoms with E-state index in [0.29, 0.717) is 33.6 Å². The zero-order valence-corrected chi connectivity index (χ0v) is 18.5. The molecule has 0 aliphatic rings. The predicted octanol–water partition coefficient (Wildman–Crippen LogP) is 4.58. The quantitative estimate of drug-likeness (QED) is 0.490. The maximum Gasteiger partial charge on any atom is 0.350 e. The zero-order valence-electron chi connectivity index (χ0n) is 17.6. The van der Waals surface area contributed by atoms with E-state index in [-0.39, 0.29) is 18.9 Å². The van der Waals surface area contributed by atoms with Gasteiger partial charge in [0.15, 0.2) is 16.6 Å². The Labute approximate surface area is 185 Å². The number of aromatic nitrogens is 1. The average Bonchev–Trinajstić information content (AvgIpc) is 3.22. The van der Waals surface area contributed by atoms with Gasteiger partial charge in [-0.25, -0.2) is 9.78 Å². The van der Waals surface area contributed by atoms with Crippen molar-refractivity contribution in [1.82, 2.24) is 4.98 Å². The van der Waals surface area contributed by atoms with Crippen molar-refractivity contribution in [3.63, 3.8) is 0 Å². The third-order valence-electron chi connectivity index (χ3n) is 4.47. The number of thiazole rings is 1. The van der Waals surface area contributed by atoms with Crippen molar-refractivity contribution in [3.8, 4) is 22.8 Å². The Morgan fingerprint density at radius 3 is 2.45 bits per heavy atom. The lowest BCUT2D eigenvalue weighted by molar-refractivity contribution is -0.116. The molecule has 1 N–H and O–H groups in total. The summed E-state index contributed by atoms with van der Waals surface area (Å²) in [5.74, 6) is 0.605. The minimum atomic E-state index is -0.454. The largest absolute Gasteiger partial charge is 0.493 e. The first-order valence-electron chi connectivity index (χ1n) is 9.79. The van der Waals surface area contributed by atoms with Crippen LogP contribution in [0.15, 0.2) is 48.5 Å². The lowest BCUT2D eigenvalue weighted by Gasteiger charge is -2.09. The fourth-order valence-electron chi connectivity index (χ4n) is 2.98. The second-order valence-electron chi connectivity index (χ2n) is 6.52. The van der Waals surface area contributed by atoms with Crippen molar-refractivity contribution in [2.24, 2.45) is 0 Å². The Bertz CT molecular complexity index is 1050. The summed E-state index contributed by atoms with van der Waals surface area (Å²) >= 11 is 1.11. The second-order valence-corrected chi connectivity index (χ2v) is 7.52. The summed E-state index contributed by atoms with van der Waals surface area (Å²) in [6, 6.07) is 14.9. The molecule has 1 amide bonds. The van der Waals surface area contributed by atoms with Gasteiger partial charge in [-0.3, -0.25) is 4.79 Å². The highest BCUT2D eigenvalue weighted by Gasteiger charge is 2.21. The van der Waals surface area contributed by atoms with E-state index in [1.165, 1.54) is 0 Å². The van der Waals surface area contributed by atoms with Crippen LogP contribution in [0.3, 0.4) is 0 Å². The molecule has 1 aromatic heterocycles. The number of carbonyl (C=O) groups is 2. The lowest BCUT2D eigenvalue weighted by Crippen LogP contribution is -2.12. The number of ether oxygens (including phenoxy) is 3. The molecule has 0 aliphatic carbocycles. The molecule has 162 valence electrons. The van der Waals surface area contributed by atoms with Crippen LogP contribution in [0, 0.1) is 0 Å². The van der Waals surface area contributed by atoms with Gasteiger partial charge in [0.1, 0.15) is 4.88 Å². The molecule has 3 aromatic rings. The first kappa shape index (κ1) is 22.3. The maximum atomic E-state index is 12.5. The molecule has 8 heteroatoms. The maximum absolute atomic E-state index is 12.5. The molecule has 31 heavy (non-hydrogen) atoms. The SMILES string of the molecule is CCOC(=O)c1sc(NC(=O)CCc2ccc(OC)c(OC)c2)nc1-c1ccccc1. The van der Waals surface area contributed by atoms with Gasteiger partial charge < -0.3 is 19.5 Å². The molecule has 0 bridgehead atoms. The van der Waals surface area contributed by atoms with Gasteiger partial charge in [0.25, 0.3) is 0 Å². The van der Waals surface area contributed by atoms with E-state index in [1.807, 2.05) is 48.5 Å². The van der Waals surface area contributed by atoms with Crippen LogP contribution in [0.2, 0.25) is 0 Å². The summed E-state index contributed by atoms with van der Waals surface area (Å²) in [6.45, 7) is 2.01. The van der Waals surface area contributed by atoms with Gasteiger partial charge in [0, 0.05) is 12.0 Å². The fraction of sp³-hybridized carbons (Fsp3) is 0.261. The molecule has 0 aliphatic heterocycles. The fourth-order valence-corrected chi connectivity index (χ4v) is 3.87. The zero-order chi connectivity index (χ0) is 22.2. The molecule has 0 fully saturated rings. The predicted molar refractivity (Wildman–Crippen MR) is 120 cm³/mol.